The molecule has 0 unspecified atom stereocenters. The van der Waals surface area contributed by atoms with Crippen molar-refractivity contribution in [3.05, 3.63) is 70.2 Å². The van der Waals surface area contributed by atoms with Crippen molar-refractivity contribution >= 4 is 47.1 Å². The highest BCUT2D eigenvalue weighted by Crippen LogP contribution is 2.34. The van der Waals surface area contributed by atoms with Gasteiger partial charge in [0.25, 0.3) is 5.91 Å². The lowest BCUT2D eigenvalue weighted by atomic mass is 9.80. The SMILES string of the molecule is CCCC[C@H](NC(=O)c1ccc(CN=C(N)N)cc1)C(=O)N[C@@H](C[C@@H](C)C(=O)NCCCN=C(N)N)C(=O)N[C@@H]1CCCC[C@H]1c1cccc(Cl)c1. The number of hydrogen-bond acceptors (Lipinski definition) is 6. The molecule has 0 aromatic heterocycles. The van der Waals surface area contributed by atoms with E-state index in [0.717, 1.165) is 43.2 Å². The van der Waals surface area contributed by atoms with Crippen LogP contribution in [0.4, 0.5) is 0 Å². The minimum absolute atomic E-state index is 0.0225. The highest BCUT2D eigenvalue weighted by molar-refractivity contribution is 6.30. The monoisotopic (exact) mass is 738 g/mol. The molecule has 12 N–H and O–H groups in total. The summed E-state index contributed by atoms with van der Waals surface area (Å²) in [7, 11) is 0. The van der Waals surface area contributed by atoms with Crippen molar-refractivity contribution in [2.24, 2.45) is 38.8 Å². The number of guanidine groups is 2. The molecule has 1 aliphatic rings. The number of hydrogen-bond donors (Lipinski definition) is 8. The molecule has 14 nitrogen and oxygen atoms in total. The Balaban J connectivity index is 1.79. The number of nitrogens with two attached hydrogens (primary N) is 4. The van der Waals surface area contributed by atoms with Crippen molar-refractivity contribution < 1.29 is 19.2 Å². The first-order chi connectivity index (χ1) is 24.9. The molecule has 0 spiro atoms. The van der Waals surface area contributed by atoms with Crippen molar-refractivity contribution in [2.75, 3.05) is 13.1 Å². The van der Waals surface area contributed by atoms with Gasteiger partial charge in [-0.3, -0.25) is 24.2 Å². The average molecular weight is 739 g/mol. The van der Waals surface area contributed by atoms with Gasteiger partial charge in [-0.15, -0.1) is 0 Å². The van der Waals surface area contributed by atoms with E-state index in [1.165, 1.54) is 0 Å². The van der Waals surface area contributed by atoms with E-state index in [0.29, 0.717) is 42.9 Å². The quantitative estimate of drug-likeness (QED) is 0.0603. The Bertz CT molecular complexity index is 1540. The molecule has 5 atom stereocenters. The lowest BCUT2D eigenvalue weighted by Gasteiger charge is -2.34. The molecule has 0 heterocycles. The number of nitrogens with one attached hydrogen (secondary N) is 4. The second-order valence-electron chi connectivity index (χ2n) is 13.3. The highest BCUT2D eigenvalue weighted by Gasteiger charge is 2.34. The third kappa shape index (κ3) is 14.0. The number of aliphatic imine (C=N–C) groups is 2. The van der Waals surface area contributed by atoms with Crippen LogP contribution in [0.15, 0.2) is 58.5 Å². The van der Waals surface area contributed by atoms with Gasteiger partial charge in [-0.2, -0.15) is 0 Å². The molecule has 1 aliphatic carbocycles. The molecule has 284 valence electrons. The second-order valence-corrected chi connectivity index (χ2v) is 13.8. The van der Waals surface area contributed by atoms with E-state index in [1.807, 2.05) is 31.2 Å². The summed E-state index contributed by atoms with van der Waals surface area (Å²) in [5.41, 5.74) is 23.8. The third-order valence-electron chi connectivity index (χ3n) is 9.10. The molecule has 1 saturated carbocycles. The Morgan fingerprint density at radius 3 is 2.25 bits per heavy atom. The third-order valence-corrected chi connectivity index (χ3v) is 9.33. The van der Waals surface area contributed by atoms with Crippen LogP contribution in [0.5, 0.6) is 0 Å². The summed E-state index contributed by atoms with van der Waals surface area (Å²) in [4.78, 5) is 62.3. The van der Waals surface area contributed by atoms with Crippen LogP contribution in [0.25, 0.3) is 0 Å². The lowest BCUT2D eigenvalue weighted by Crippen LogP contribution is -2.56. The van der Waals surface area contributed by atoms with Gasteiger partial charge >= 0.3 is 0 Å². The summed E-state index contributed by atoms with van der Waals surface area (Å²) in [6.45, 7) is 4.67. The summed E-state index contributed by atoms with van der Waals surface area (Å²) < 4.78 is 0. The molecule has 52 heavy (non-hydrogen) atoms. The van der Waals surface area contributed by atoms with Gasteiger partial charge in [-0.1, -0.05) is 75.4 Å². The van der Waals surface area contributed by atoms with Crippen molar-refractivity contribution in [3.8, 4) is 0 Å². The molecule has 2 aromatic carbocycles. The summed E-state index contributed by atoms with van der Waals surface area (Å²) in [5, 5.41) is 12.4. The fourth-order valence-electron chi connectivity index (χ4n) is 6.22. The van der Waals surface area contributed by atoms with Crippen molar-refractivity contribution in [1.82, 2.24) is 21.3 Å². The number of carbonyl (C=O) groups excluding carboxylic acids is 4. The number of halogens is 1. The van der Waals surface area contributed by atoms with E-state index in [4.69, 9.17) is 34.5 Å². The van der Waals surface area contributed by atoms with Gasteiger partial charge in [-0.25, -0.2) is 4.99 Å². The number of benzene rings is 2. The van der Waals surface area contributed by atoms with Gasteiger partial charge in [0.15, 0.2) is 11.9 Å². The molecule has 4 amide bonds. The molecular formula is C37H55ClN10O4. The first-order valence-corrected chi connectivity index (χ1v) is 18.4. The molecule has 0 aliphatic heterocycles. The average Bonchev–Trinajstić information content (AvgIpc) is 3.12. The van der Waals surface area contributed by atoms with Crippen molar-refractivity contribution in [3.63, 3.8) is 0 Å². The van der Waals surface area contributed by atoms with E-state index < -0.39 is 35.7 Å². The van der Waals surface area contributed by atoms with Gasteiger partial charge < -0.3 is 44.2 Å². The van der Waals surface area contributed by atoms with E-state index in [-0.39, 0.29) is 42.8 Å². The van der Waals surface area contributed by atoms with Crippen LogP contribution in [0.2, 0.25) is 5.02 Å². The minimum Gasteiger partial charge on any atom is -0.370 e. The van der Waals surface area contributed by atoms with Crippen LogP contribution in [0, 0.1) is 5.92 Å². The zero-order valence-corrected chi connectivity index (χ0v) is 31.0. The number of unbranched alkanes of at least 4 members (excludes halogenated alkanes) is 1. The summed E-state index contributed by atoms with van der Waals surface area (Å²) >= 11 is 6.32. The molecule has 0 bridgehead atoms. The van der Waals surface area contributed by atoms with E-state index in [9.17, 15) is 19.2 Å². The standard InChI is InChI=1S/C37H55ClN10O4/c1-3-4-12-30(47-33(50)25-16-14-24(15-17-25)22-45-37(41)42)34(51)48-31(20-23(2)32(49)43-18-8-19-44-36(39)40)35(52)46-29-13-6-5-11-28(29)26-9-7-10-27(38)21-26/h7,9-10,14-17,21,23,28-31H,3-6,8,11-13,18-20,22H2,1-2H3,(H,43,49)(H,46,52)(H,47,50)(H,48,51)(H4,39,40,44)(H4,41,42,45)/t23-,28+,29-,30+,31+/m1/s1. The maximum Gasteiger partial charge on any atom is 0.251 e. The van der Waals surface area contributed by atoms with Gasteiger partial charge in [0.2, 0.25) is 17.7 Å². The van der Waals surface area contributed by atoms with Crippen LogP contribution < -0.4 is 44.2 Å². The second kappa shape index (κ2) is 21.5. The maximum absolute atomic E-state index is 14.1. The Morgan fingerprint density at radius 1 is 0.865 bits per heavy atom. The van der Waals surface area contributed by atoms with Crippen LogP contribution in [-0.2, 0) is 20.9 Å². The maximum atomic E-state index is 14.1. The molecule has 15 heteroatoms. The van der Waals surface area contributed by atoms with E-state index >= 15 is 0 Å². The number of carbonyl (C=O) groups is 4. The van der Waals surface area contributed by atoms with E-state index in [2.05, 4.69) is 31.3 Å². The van der Waals surface area contributed by atoms with Crippen molar-refractivity contribution in [2.45, 2.75) is 102 Å². The molecular weight excluding hydrogens is 684 g/mol. The van der Waals surface area contributed by atoms with Gasteiger partial charge in [0, 0.05) is 41.6 Å². The molecule has 0 saturated heterocycles. The Kier molecular flexibility index (Phi) is 17.2. The normalized spacial score (nSPS) is 17.1. The molecule has 0 radical (unpaired) electrons. The topological polar surface area (TPSA) is 245 Å². The Morgan fingerprint density at radius 2 is 1.58 bits per heavy atom. The fraction of sp³-hybridized carbons (Fsp3) is 0.514. The van der Waals surface area contributed by atoms with E-state index in [1.54, 1.807) is 31.2 Å². The summed E-state index contributed by atoms with van der Waals surface area (Å²) in [5.74, 6) is -2.26. The van der Waals surface area contributed by atoms with Gasteiger partial charge in [-0.05, 0) is 67.5 Å². The molecule has 1 fully saturated rings. The summed E-state index contributed by atoms with van der Waals surface area (Å²) in [6, 6.07) is 12.2. The number of nitrogens with zero attached hydrogens (tertiary/aromatic N) is 2. The largest absolute Gasteiger partial charge is 0.370 e. The minimum atomic E-state index is -1.05. The van der Waals surface area contributed by atoms with Crippen molar-refractivity contribution in [1.29, 1.82) is 0 Å². The van der Waals surface area contributed by atoms with Gasteiger partial charge in [0.1, 0.15) is 12.1 Å². The highest BCUT2D eigenvalue weighted by atomic mass is 35.5. The molecule has 3 rings (SSSR count). The zero-order valence-electron chi connectivity index (χ0n) is 30.2. The van der Waals surface area contributed by atoms with Gasteiger partial charge in [0.05, 0.1) is 6.54 Å². The molecule has 2 aromatic rings. The first-order valence-electron chi connectivity index (χ1n) is 18.0. The number of rotatable bonds is 19. The lowest BCUT2D eigenvalue weighted by molar-refractivity contribution is -0.132. The van der Waals surface area contributed by atoms with Crippen LogP contribution in [-0.4, -0.2) is 66.8 Å². The van der Waals surface area contributed by atoms with Crippen LogP contribution in [0.1, 0.15) is 99.0 Å². The van der Waals surface area contributed by atoms with Crippen LogP contribution >= 0.6 is 11.6 Å². The fourth-order valence-corrected chi connectivity index (χ4v) is 6.42. The zero-order chi connectivity index (χ0) is 38.0. The van der Waals surface area contributed by atoms with Crippen LogP contribution in [0.3, 0.4) is 0 Å². The predicted molar refractivity (Wildman–Crippen MR) is 205 cm³/mol. The Labute approximate surface area is 311 Å². The number of amides is 4. The Hall–Kier alpha value is -4.85. The summed E-state index contributed by atoms with van der Waals surface area (Å²) in [6.07, 6.45) is 5.97. The smallest absolute Gasteiger partial charge is 0.251 e. The first kappa shape index (κ1) is 41.6. The predicted octanol–water partition coefficient (Wildman–Crippen LogP) is 2.54.